The number of nitrogens with zero attached hydrogens (tertiary/aromatic N) is 3. The second-order valence-electron chi connectivity index (χ2n) is 5.94. The zero-order valence-corrected chi connectivity index (χ0v) is 12.0. The Morgan fingerprint density at radius 2 is 2.00 bits per heavy atom. The largest absolute Gasteiger partial charge is 0.289 e. The van der Waals surface area contributed by atoms with E-state index in [4.69, 9.17) is 0 Å². The maximum Gasteiger partial charge on any atom is 0.0842 e. The van der Waals surface area contributed by atoms with E-state index in [1.54, 1.807) is 12.4 Å². The quantitative estimate of drug-likeness (QED) is 0.862. The van der Waals surface area contributed by atoms with Gasteiger partial charge in [0.1, 0.15) is 0 Å². The first-order valence-corrected chi connectivity index (χ1v) is 7.67. The van der Waals surface area contributed by atoms with E-state index in [1.165, 1.54) is 24.0 Å². The van der Waals surface area contributed by atoms with Gasteiger partial charge in [0.2, 0.25) is 0 Å². The molecule has 1 aromatic carbocycles. The van der Waals surface area contributed by atoms with Gasteiger partial charge in [0.05, 0.1) is 11.9 Å². The van der Waals surface area contributed by atoms with Crippen molar-refractivity contribution in [2.24, 2.45) is 0 Å². The molecule has 0 spiro atoms. The van der Waals surface area contributed by atoms with Gasteiger partial charge in [0.25, 0.3) is 0 Å². The van der Waals surface area contributed by atoms with Crippen molar-refractivity contribution in [2.75, 3.05) is 0 Å². The van der Waals surface area contributed by atoms with Crippen LogP contribution in [0.4, 0.5) is 0 Å². The lowest BCUT2D eigenvalue weighted by atomic mass is 9.98. The van der Waals surface area contributed by atoms with E-state index >= 15 is 0 Å². The van der Waals surface area contributed by atoms with Crippen molar-refractivity contribution in [3.63, 3.8) is 0 Å². The van der Waals surface area contributed by atoms with E-state index in [0.717, 1.165) is 18.7 Å². The third-order valence-corrected chi connectivity index (χ3v) is 4.64. The fraction of sp³-hybridized carbons (Fsp3) is 0.333. The van der Waals surface area contributed by atoms with Crippen molar-refractivity contribution < 1.29 is 0 Å². The van der Waals surface area contributed by atoms with Gasteiger partial charge in [-0.25, -0.2) is 0 Å². The summed E-state index contributed by atoms with van der Waals surface area (Å²) in [6.45, 7) is 1.06. The highest BCUT2D eigenvalue weighted by atomic mass is 15.2. The van der Waals surface area contributed by atoms with Gasteiger partial charge >= 0.3 is 0 Å². The molecular formula is C18H19N3. The van der Waals surface area contributed by atoms with Gasteiger partial charge in [-0.1, -0.05) is 36.4 Å². The summed E-state index contributed by atoms with van der Waals surface area (Å²) in [6, 6.07) is 12.0. The maximum atomic E-state index is 4.46. The molecule has 0 saturated carbocycles. The molecule has 106 valence electrons. The SMILES string of the molecule is C1=C(c2cnccn2)CC2CCC1N2Cc1ccccc1. The first-order valence-electron chi connectivity index (χ1n) is 7.67. The first-order chi connectivity index (χ1) is 10.4. The third-order valence-electron chi connectivity index (χ3n) is 4.64. The molecule has 1 saturated heterocycles. The summed E-state index contributed by atoms with van der Waals surface area (Å²) in [5.74, 6) is 0. The molecule has 0 amide bonds. The van der Waals surface area contributed by atoms with Gasteiger partial charge in [0.15, 0.2) is 0 Å². The van der Waals surface area contributed by atoms with Crippen LogP contribution in [0.3, 0.4) is 0 Å². The van der Waals surface area contributed by atoms with Gasteiger partial charge in [-0.2, -0.15) is 0 Å². The molecule has 0 radical (unpaired) electrons. The number of hydrogen-bond donors (Lipinski definition) is 0. The van der Waals surface area contributed by atoms with E-state index in [1.807, 2.05) is 6.20 Å². The smallest absolute Gasteiger partial charge is 0.0842 e. The van der Waals surface area contributed by atoms with Gasteiger partial charge in [-0.15, -0.1) is 0 Å². The first kappa shape index (κ1) is 12.7. The number of rotatable bonds is 3. The highest BCUT2D eigenvalue weighted by Gasteiger charge is 2.36. The fourth-order valence-electron chi connectivity index (χ4n) is 3.61. The van der Waals surface area contributed by atoms with Crippen LogP contribution in [-0.2, 0) is 6.54 Å². The van der Waals surface area contributed by atoms with E-state index in [-0.39, 0.29) is 0 Å². The molecule has 3 heteroatoms. The monoisotopic (exact) mass is 277 g/mol. The molecule has 2 bridgehead atoms. The Bertz CT molecular complexity index is 636. The summed E-state index contributed by atoms with van der Waals surface area (Å²) in [6.07, 6.45) is 11.5. The summed E-state index contributed by atoms with van der Waals surface area (Å²) in [5.41, 5.74) is 3.83. The molecule has 3 heterocycles. The Morgan fingerprint density at radius 1 is 1.10 bits per heavy atom. The minimum absolute atomic E-state index is 0.556. The highest BCUT2D eigenvalue weighted by Crippen LogP contribution is 2.38. The molecule has 4 rings (SSSR count). The predicted octanol–water partition coefficient (Wildman–Crippen LogP) is 3.30. The summed E-state index contributed by atoms with van der Waals surface area (Å²) >= 11 is 0. The van der Waals surface area contributed by atoms with Crippen molar-refractivity contribution in [1.82, 2.24) is 14.9 Å². The molecule has 1 fully saturated rings. The lowest BCUT2D eigenvalue weighted by molar-refractivity contribution is 0.203. The second-order valence-corrected chi connectivity index (χ2v) is 5.94. The van der Waals surface area contributed by atoms with Crippen molar-refractivity contribution in [3.8, 4) is 0 Å². The Morgan fingerprint density at radius 3 is 2.76 bits per heavy atom. The summed E-state index contributed by atoms with van der Waals surface area (Å²) in [4.78, 5) is 11.3. The molecule has 2 atom stereocenters. The van der Waals surface area contributed by atoms with Crippen LogP contribution in [0.25, 0.3) is 5.57 Å². The van der Waals surface area contributed by atoms with Crippen LogP contribution in [-0.4, -0.2) is 27.0 Å². The van der Waals surface area contributed by atoms with Crippen molar-refractivity contribution >= 4 is 5.57 Å². The van der Waals surface area contributed by atoms with Gasteiger partial charge in [-0.3, -0.25) is 14.9 Å². The normalized spacial score (nSPS) is 24.9. The molecule has 21 heavy (non-hydrogen) atoms. The summed E-state index contributed by atoms with van der Waals surface area (Å²) < 4.78 is 0. The standard InChI is InChI=1S/C18H19N3/c1-2-4-14(5-3-1)13-21-16-6-7-17(21)11-15(10-16)18-12-19-8-9-20-18/h1-5,8-10,12,16-17H,6-7,11,13H2. The van der Waals surface area contributed by atoms with E-state index < -0.39 is 0 Å². The molecular weight excluding hydrogens is 258 g/mol. The molecule has 1 aromatic heterocycles. The minimum Gasteiger partial charge on any atom is -0.289 e. The van der Waals surface area contributed by atoms with E-state index in [2.05, 4.69) is 51.3 Å². The van der Waals surface area contributed by atoms with Crippen LogP contribution >= 0.6 is 0 Å². The van der Waals surface area contributed by atoms with Crippen LogP contribution in [0.5, 0.6) is 0 Å². The van der Waals surface area contributed by atoms with E-state index in [0.29, 0.717) is 12.1 Å². The molecule has 2 unspecified atom stereocenters. The van der Waals surface area contributed by atoms with Gasteiger partial charge < -0.3 is 0 Å². The summed E-state index contributed by atoms with van der Waals surface area (Å²) in [7, 11) is 0. The average molecular weight is 277 g/mol. The fourth-order valence-corrected chi connectivity index (χ4v) is 3.61. The van der Waals surface area contributed by atoms with Gasteiger partial charge in [0, 0.05) is 31.0 Å². The van der Waals surface area contributed by atoms with Crippen molar-refractivity contribution in [1.29, 1.82) is 0 Å². The average Bonchev–Trinajstić information content (AvgIpc) is 2.78. The second kappa shape index (κ2) is 5.41. The van der Waals surface area contributed by atoms with Crippen LogP contribution in [0.15, 0.2) is 55.0 Å². The summed E-state index contributed by atoms with van der Waals surface area (Å²) in [5, 5.41) is 0. The predicted molar refractivity (Wildman–Crippen MR) is 83.4 cm³/mol. The number of hydrogen-bond acceptors (Lipinski definition) is 3. The zero-order chi connectivity index (χ0) is 14.1. The Labute approximate surface area is 125 Å². The lowest BCUT2D eigenvalue weighted by Crippen LogP contribution is -2.37. The molecule has 0 N–H and O–H groups in total. The Hall–Kier alpha value is -2.00. The van der Waals surface area contributed by atoms with Crippen LogP contribution in [0, 0.1) is 0 Å². The van der Waals surface area contributed by atoms with Gasteiger partial charge in [-0.05, 0) is 30.4 Å². The minimum atomic E-state index is 0.556. The zero-order valence-electron chi connectivity index (χ0n) is 12.0. The van der Waals surface area contributed by atoms with Crippen LogP contribution in [0.2, 0.25) is 0 Å². The third kappa shape index (κ3) is 2.49. The van der Waals surface area contributed by atoms with E-state index in [9.17, 15) is 0 Å². The number of fused-ring (bicyclic) bond motifs is 2. The molecule has 0 aliphatic carbocycles. The maximum absolute atomic E-state index is 4.46. The molecule has 2 aliphatic heterocycles. The van der Waals surface area contributed by atoms with Crippen molar-refractivity contribution in [2.45, 2.75) is 37.9 Å². The Kier molecular flexibility index (Phi) is 3.28. The van der Waals surface area contributed by atoms with Crippen LogP contribution < -0.4 is 0 Å². The number of aromatic nitrogens is 2. The Balaban J connectivity index is 1.57. The molecule has 2 aromatic rings. The molecule has 2 aliphatic rings. The molecule has 3 nitrogen and oxygen atoms in total. The number of benzene rings is 1. The van der Waals surface area contributed by atoms with Crippen molar-refractivity contribution in [3.05, 3.63) is 66.3 Å². The van der Waals surface area contributed by atoms with Crippen LogP contribution in [0.1, 0.15) is 30.5 Å². The lowest BCUT2D eigenvalue weighted by Gasteiger charge is -2.33. The topological polar surface area (TPSA) is 29.0 Å². The highest BCUT2D eigenvalue weighted by molar-refractivity contribution is 5.64.